The molecule has 0 amide bonds. The second kappa shape index (κ2) is 2.59. The van der Waals surface area contributed by atoms with E-state index in [-0.39, 0.29) is 0 Å². The molecule has 0 bridgehead atoms. The zero-order valence-corrected chi connectivity index (χ0v) is 6.97. The summed E-state index contributed by atoms with van der Waals surface area (Å²) in [6, 6.07) is 5.57. The Balaban J connectivity index is 2.23. The average molecular weight is 187 g/mol. The molecule has 0 fully saturated rings. The lowest BCUT2D eigenvalue weighted by molar-refractivity contribution is 0.881. The van der Waals surface area contributed by atoms with Gasteiger partial charge in [0.05, 0.1) is 0 Å². The lowest BCUT2D eigenvalue weighted by atomic mass is 10.2. The summed E-state index contributed by atoms with van der Waals surface area (Å²) >= 11 is 0. The first kappa shape index (κ1) is 7.13. The van der Waals surface area contributed by atoms with Gasteiger partial charge in [-0.25, -0.2) is 0 Å². The minimum Gasteiger partial charge on any atom is -0.197 e. The highest BCUT2D eigenvalue weighted by molar-refractivity contribution is 5.78. The molecule has 7 nitrogen and oxygen atoms in total. The van der Waals surface area contributed by atoms with Crippen LogP contribution >= 0.6 is 0 Å². The van der Waals surface area contributed by atoms with Crippen molar-refractivity contribution < 1.29 is 0 Å². The molecule has 0 saturated carbocycles. The Hall–Kier alpha value is -2.31. The Morgan fingerprint density at radius 1 is 0.929 bits per heavy atom. The molecule has 0 radical (unpaired) electrons. The van der Waals surface area contributed by atoms with Crippen molar-refractivity contribution in [1.29, 1.82) is 0 Å². The Bertz CT molecular complexity index is 552. The predicted molar refractivity (Wildman–Crippen MR) is 47.1 cm³/mol. The summed E-state index contributed by atoms with van der Waals surface area (Å²) in [6.07, 6.45) is 0. The Labute approximate surface area is 77.5 Å². The molecule has 0 unspecified atom stereocenters. The van der Waals surface area contributed by atoms with Crippen molar-refractivity contribution in [2.75, 3.05) is 0 Å². The minimum atomic E-state index is 0.551. The molecule has 0 atom stereocenters. The fourth-order valence-corrected chi connectivity index (χ4v) is 1.26. The molecule has 3 rings (SSSR count). The van der Waals surface area contributed by atoms with Crippen LogP contribution in [0.5, 0.6) is 0 Å². The number of nitrogens with one attached hydrogen (secondary N) is 2. The van der Waals surface area contributed by atoms with E-state index in [1.807, 2.05) is 18.2 Å². The van der Waals surface area contributed by atoms with Gasteiger partial charge in [-0.2, -0.15) is 20.6 Å². The Kier molecular flexibility index (Phi) is 1.32. The van der Waals surface area contributed by atoms with Crippen LogP contribution < -0.4 is 0 Å². The molecule has 1 aromatic carbocycles. The van der Waals surface area contributed by atoms with Gasteiger partial charge in [-0.05, 0) is 23.4 Å². The first-order valence-corrected chi connectivity index (χ1v) is 3.98. The van der Waals surface area contributed by atoms with Crippen LogP contribution in [0.2, 0.25) is 0 Å². The van der Waals surface area contributed by atoms with E-state index in [0.717, 1.165) is 16.6 Å². The molecular formula is C7H5N7. The fourth-order valence-electron chi connectivity index (χ4n) is 1.26. The summed E-state index contributed by atoms with van der Waals surface area (Å²) in [5.74, 6) is 0.551. The first-order valence-electron chi connectivity index (χ1n) is 3.98. The number of nitrogens with zero attached hydrogens (tertiary/aromatic N) is 5. The van der Waals surface area contributed by atoms with Crippen molar-refractivity contribution in [2.45, 2.75) is 0 Å². The molecule has 2 N–H and O–H groups in total. The van der Waals surface area contributed by atoms with E-state index in [4.69, 9.17) is 0 Å². The lowest BCUT2D eigenvalue weighted by Crippen LogP contribution is -1.81. The number of tetrazole rings is 1. The van der Waals surface area contributed by atoms with Crippen LogP contribution in [0, 0.1) is 0 Å². The number of hydrogen-bond donors (Lipinski definition) is 2. The molecule has 2 heterocycles. The SMILES string of the molecule is c1cc2n[nH]nc2cc1-c1nn[nH]n1. The van der Waals surface area contributed by atoms with Gasteiger partial charge in [-0.3, -0.25) is 0 Å². The fraction of sp³-hybridized carbons (Fsp3) is 0. The van der Waals surface area contributed by atoms with Gasteiger partial charge in [0, 0.05) is 5.56 Å². The Morgan fingerprint density at radius 2 is 1.86 bits per heavy atom. The van der Waals surface area contributed by atoms with E-state index in [1.54, 1.807) is 0 Å². The van der Waals surface area contributed by atoms with Crippen LogP contribution in [0.3, 0.4) is 0 Å². The molecular weight excluding hydrogens is 182 g/mol. The van der Waals surface area contributed by atoms with Gasteiger partial charge >= 0.3 is 0 Å². The monoisotopic (exact) mass is 187 g/mol. The van der Waals surface area contributed by atoms with Gasteiger partial charge in [-0.1, -0.05) is 0 Å². The molecule has 0 saturated heterocycles. The van der Waals surface area contributed by atoms with E-state index >= 15 is 0 Å². The van der Waals surface area contributed by atoms with Crippen molar-refractivity contribution in [3.05, 3.63) is 18.2 Å². The second-order valence-corrected chi connectivity index (χ2v) is 2.76. The lowest BCUT2D eigenvalue weighted by Gasteiger charge is -1.91. The second-order valence-electron chi connectivity index (χ2n) is 2.76. The zero-order valence-electron chi connectivity index (χ0n) is 6.97. The third-order valence-electron chi connectivity index (χ3n) is 1.92. The van der Waals surface area contributed by atoms with E-state index < -0.39 is 0 Å². The van der Waals surface area contributed by atoms with Crippen molar-refractivity contribution in [3.8, 4) is 11.4 Å². The summed E-state index contributed by atoms with van der Waals surface area (Å²) in [5, 5.41) is 24.1. The highest BCUT2D eigenvalue weighted by Crippen LogP contribution is 2.17. The predicted octanol–water partition coefficient (Wildman–Crippen LogP) is 0.138. The number of fused-ring (bicyclic) bond motifs is 1. The average Bonchev–Trinajstić information content (AvgIpc) is 2.88. The quantitative estimate of drug-likeness (QED) is 0.564. The van der Waals surface area contributed by atoms with Gasteiger partial charge in [0.1, 0.15) is 11.0 Å². The van der Waals surface area contributed by atoms with Gasteiger partial charge < -0.3 is 0 Å². The molecule has 14 heavy (non-hydrogen) atoms. The number of aromatic nitrogens is 7. The third kappa shape index (κ3) is 0.954. The summed E-state index contributed by atoms with van der Waals surface area (Å²) in [7, 11) is 0. The maximum atomic E-state index is 3.97. The molecule has 0 aliphatic rings. The normalized spacial score (nSPS) is 10.9. The maximum Gasteiger partial charge on any atom is 0.204 e. The van der Waals surface area contributed by atoms with E-state index in [2.05, 4.69) is 36.0 Å². The topological polar surface area (TPSA) is 96.0 Å². The number of H-pyrrole nitrogens is 2. The molecule has 0 aliphatic carbocycles. The van der Waals surface area contributed by atoms with Gasteiger partial charge in [0.15, 0.2) is 0 Å². The van der Waals surface area contributed by atoms with Crippen molar-refractivity contribution in [1.82, 2.24) is 36.0 Å². The van der Waals surface area contributed by atoms with Crippen LogP contribution in [-0.2, 0) is 0 Å². The van der Waals surface area contributed by atoms with Gasteiger partial charge in [0.2, 0.25) is 5.82 Å². The molecule has 7 heteroatoms. The van der Waals surface area contributed by atoms with Crippen LogP contribution in [0.4, 0.5) is 0 Å². The van der Waals surface area contributed by atoms with Crippen LogP contribution in [0.25, 0.3) is 22.4 Å². The summed E-state index contributed by atoms with van der Waals surface area (Å²) < 4.78 is 0. The summed E-state index contributed by atoms with van der Waals surface area (Å²) in [4.78, 5) is 0. The zero-order chi connectivity index (χ0) is 9.38. The van der Waals surface area contributed by atoms with Crippen molar-refractivity contribution >= 4 is 11.0 Å². The minimum absolute atomic E-state index is 0.551. The van der Waals surface area contributed by atoms with Crippen molar-refractivity contribution in [3.63, 3.8) is 0 Å². The summed E-state index contributed by atoms with van der Waals surface area (Å²) in [5.41, 5.74) is 2.46. The van der Waals surface area contributed by atoms with Crippen molar-refractivity contribution in [2.24, 2.45) is 0 Å². The molecule has 0 spiro atoms. The molecule has 68 valence electrons. The van der Waals surface area contributed by atoms with Crippen LogP contribution in [0.1, 0.15) is 0 Å². The van der Waals surface area contributed by atoms with Crippen LogP contribution in [0.15, 0.2) is 18.2 Å². The van der Waals surface area contributed by atoms with Gasteiger partial charge in [0.25, 0.3) is 0 Å². The first-order chi connectivity index (χ1) is 6.93. The number of hydrogen-bond acceptors (Lipinski definition) is 5. The smallest absolute Gasteiger partial charge is 0.197 e. The Morgan fingerprint density at radius 3 is 2.71 bits per heavy atom. The number of aromatic amines is 2. The van der Waals surface area contributed by atoms with Crippen LogP contribution in [-0.4, -0.2) is 36.0 Å². The highest BCUT2D eigenvalue weighted by Gasteiger charge is 2.05. The maximum absolute atomic E-state index is 3.97. The molecule has 3 aromatic rings. The third-order valence-corrected chi connectivity index (χ3v) is 1.92. The van der Waals surface area contributed by atoms with Gasteiger partial charge in [-0.15, -0.1) is 10.2 Å². The van der Waals surface area contributed by atoms with E-state index in [1.165, 1.54) is 0 Å². The van der Waals surface area contributed by atoms with E-state index in [9.17, 15) is 0 Å². The standard InChI is InChI=1S/C7H5N7/c1-2-5-6(9-12-8-5)3-4(1)7-10-13-14-11-7/h1-3H,(H,8,9,12)(H,10,11,13,14). The molecule has 2 aromatic heterocycles. The van der Waals surface area contributed by atoms with E-state index in [0.29, 0.717) is 5.82 Å². The molecule has 0 aliphatic heterocycles. The largest absolute Gasteiger partial charge is 0.204 e. The number of benzene rings is 1. The number of rotatable bonds is 1. The highest BCUT2D eigenvalue weighted by atomic mass is 15.5. The summed E-state index contributed by atoms with van der Waals surface area (Å²) in [6.45, 7) is 0.